The van der Waals surface area contributed by atoms with Crippen molar-refractivity contribution in [2.45, 2.75) is 12.8 Å². The van der Waals surface area contributed by atoms with Crippen molar-refractivity contribution in [1.82, 2.24) is 0 Å². The minimum Gasteiger partial charge on any atom is -0.493 e. The average Bonchev–Trinajstić information content (AvgIpc) is 2.52. The van der Waals surface area contributed by atoms with Crippen LogP contribution in [0.1, 0.15) is 28.8 Å². The summed E-state index contributed by atoms with van der Waals surface area (Å²) in [7, 11) is 0. The molecule has 0 heterocycles. The van der Waals surface area contributed by atoms with E-state index in [0.29, 0.717) is 23.5 Å². The standard InChI is InChI=1S/C18H18O2/c1-2-3-9-14-20-17-13-8-7-12-16(17)18(19)15-10-5-4-6-11-15/h2,4-8,10-13H,1,3,9,14H2. The molecule has 0 aliphatic rings. The molecular formula is C18H18O2. The average molecular weight is 266 g/mol. The monoisotopic (exact) mass is 266 g/mol. The Kier molecular flexibility index (Phi) is 5.13. The molecule has 0 amide bonds. The molecule has 0 aliphatic heterocycles. The lowest BCUT2D eigenvalue weighted by atomic mass is 10.0. The summed E-state index contributed by atoms with van der Waals surface area (Å²) in [4.78, 5) is 12.5. The van der Waals surface area contributed by atoms with Crippen molar-refractivity contribution in [2.24, 2.45) is 0 Å². The highest BCUT2D eigenvalue weighted by molar-refractivity contribution is 6.10. The van der Waals surface area contributed by atoms with Gasteiger partial charge in [-0.05, 0) is 25.0 Å². The van der Waals surface area contributed by atoms with E-state index in [2.05, 4.69) is 6.58 Å². The summed E-state index contributed by atoms with van der Waals surface area (Å²) in [6.07, 6.45) is 3.68. The molecule has 2 heteroatoms. The van der Waals surface area contributed by atoms with Crippen molar-refractivity contribution in [3.63, 3.8) is 0 Å². The molecule has 0 atom stereocenters. The number of allylic oxidation sites excluding steroid dienone is 1. The molecule has 0 fully saturated rings. The molecule has 0 saturated heterocycles. The molecular weight excluding hydrogens is 248 g/mol. The van der Waals surface area contributed by atoms with E-state index in [1.165, 1.54) is 0 Å². The Morgan fingerprint density at radius 1 is 1.05 bits per heavy atom. The van der Waals surface area contributed by atoms with Gasteiger partial charge in [0.1, 0.15) is 5.75 Å². The third-order valence-corrected chi connectivity index (χ3v) is 2.98. The zero-order valence-corrected chi connectivity index (χ0v) is 11.4. The van der Waals surface area contributed by atoms with E-state index >= 15 is 0 Å². The molecule has 2 aromatic carbocycles. The Bertz CT molecular complexity index is 573. The fraction of sp³-hybridized carbons (Fsp3) is 0.167. The first-order valence-electron chi connectivity index (χ1n) is 6.75. The van der Waals surface area contributed by atoms with Crippen LogP contribution in [0.15, 0.2) is 67.3 Å². The summed E-state index contributed by atoms with van der Waals surface area (Å²) in [6.45, 7) is 4.27. The molecule has 0 N–H and O–H groups in total. The van der Waals surface area contributed by atoms with Crippen molar-refractivity contribution in [3.8, 4) is 5.75 Å². The number of ketones is 1. The van der Waals surface area contributed by atoms with E-state index in [9.17, 15) is 4.79 Å². The summed E-state index contributed by atoms with van der Waals surface area (Å²) in [5, 5.41) is 0. The topological polar surface area (TPSA) is 26.3 Å². The maximum absolute atomic E-state index is 12.5. The zero-order valence-electron chi connectivity index (χ0n) is 11.4. The van der Waals surface area contributed by atoms with Crippen LogP contribution in [-0.4, -0.2) is 12.4 Å². The van der Waals surface area contributed by atoms with Crippen LogP contribution in [0.4, 0.5) is 0 Å². The van der Waals surface area contributed by atoms with Crippen LogP contribution in [-0.2, 0) is 0 Å². The second kappa shape index (κ2) is 7.29. The highest BCUT2D eigenvalue weighted by atomic mass is 16.5. The van der Waals surface area contributed by atoms with E-state index in [1.807, 2.05) is 54.6 Å². The van der Waals surface area contributed by atoms with Gasteiger partial charge in [-0.2, -0.15) is 0 Å². The number of carbonyl (C=O) groups is 1. The number of hydrogen-bond acceptors (Lipinski definition) is 2. The van der Waals surface area contributed by atoms with E-state index in [-0.39, 0.29) is 5.78 Å². The lowest BCUT2D eigenvalue weighted by molar-refractivity contribution is 0.103. The number of carbonyl (C=O) groups excluding carboxylic acids is 1. The first-order valence-corrected chi connectivity index (χ1v) is 6.75. The maximum atomic E-state index is 12.5. The number of rotatable bonds is 7. The summed E-state index contributed by atoms with van der Waals surface area (Å²) >= 11 is 0. The molecule has 0 radical (unpaired) electrons. The van der Waals surface area contributed by atoms with Crippen molar-refractivity contribution >= 4 is 5.78 Å². The molecule has 20 heavy (non-hydrogen) atoms. The highest BCUT2D eigenvalue weighted by Gasteiger charge is 2.13. The molecule has 0 saturated carbocycles. The highest BCUT2D eigenvalue weighted by Crippen LogP contribution is 2.21. The van der Waals surface area contributed by atoms with Crippen LogP contribution < -0.4 is 4.74 Å². The Morgan fingerprint density at radius 3 is 2.50 bits per heavy atom. The van der Waals surface area contributed by atoms with Crippen LogP contribution in [0.25, 0.3) is 0 Å². The summed E-state index contributed by atoms with van der Waals surface area (Å²) in [5.41, 5.74) is 1.28. The first-order chi connectivity index (χ1) is 9.83. The molecule has 2 rings (SSSR count). The lowest BCUT2D eigenvalue weighted by Crippen LogP contribution is -2.06. The van der Waals surface area contributed by atoms with Crippen molar-refractivity contribution in [3.05, 3.63) is 78.4 Å². The normalized spacial score (nSPS) is 10.0. The first kappa shape index (κ1) is 14.1. The molecule has 0 bridgehead atoms. The second-order valence-corrected chi connectivity index (χ2v) is 4.47. The zero-order chi connectivity index (χ0) is 14.2. The van der Waals surface area contributed by atoms with Gasteiger partial charge in [0, 0.05) is 5.56 Å². The Morgan fingerprint density at radius 2 is 1.75 bits per heavy atom. The Labute approximate surface area is 119 Å². The number of benzene rings is 2. The molecule has 0 spiro atoms. The quantitative estimate of drug-likeness (QED) is 0.425. The predicted molar refractivity (Wildman–Crippen MR) is 81.2 cm³/mol. The van der Waals surface area contributed by atoms with Gasteiger partial charge in [-0.15, -0.1) is 6.58 Å². The van der Waals surface area contributed by atoms with E-state index in [1.54, 1.807) is 6.07 Å². The van der Waals surface area contributed by atoms with Gasteiger partial charge >= 0.3 is 0 Å². The van der Waals surface area contributed by atoms with Gasteiger partial charge < -0.3 is 4.74 Å². The third kappa shape index (κ3) is 3.58. The molecule has 102 valence electrons. The fourth-order valence-electron chi connectivity index (χ4n) is 1.93. The summed E-state index contributed by atoms with van der Waals surface area (Å²) in [6, 6.07) is 16.6. The second-order valence-electron chi connectivity index (χ2n) is 4.47. The Balaban J connectivity index is 2.15. The van der Waals surface area contributed by atoms with Crippen LogP contribution in [0.2, 0.25) is 0 Å². The van der Waals surface area contributed by atoms with Crippen LogP contribution in [0.3, 0.4) is 0 Å². The maximum Gasteiger partial charge on any atom is 0.196 e. The molecule has 0 aromatic heterocycles. The van der Waals surface area contributed by atoms with Gasteiger partial charge in [0.15, 0.2) is 5.78 Å². The van der Waals surface area contributed by atoms with Gasteiger partial charge in [0.05, 0.1) is 12.2 Å². The van der Waals surface area contributed by atoms with Crippen LogP contribution in [0, 0.1) is 0 Å². The molecule has 0 unspecified atom stereocenters. The van der Waals surface area contributed by atoms with E-state index in [4.69, 9.17) is 4.74 Å². The molecule has 2 aromatic rings. The number of hydrogen-bond donors (Lipinski definition) is 0. The minimum absolute atomic E-state index is 0.00933. The smallest absolute Gasteiger partial charge is 0.196 e. The van der Waals surface area contributed by atoms with Crippen molar-refractivity contribution in [1.29, 1.82) is 0 Å². The molecule has 2 nitrogen and oxygen atoms in total. The SMILES string of the molecule is C=CCCCOc1ccccc1C(=O)c1ccccc1. The Hall–Kier alpha value is -2.35. The van der Waals surface area contributed by atoms with Gasteiger partial charge in [0.2, 0.25) is 0 Å². The number of unbranched alkanes of at least 4 members (excludes halogenated alkanes) is 1. The largest absolute Gasteiger partial charge is 0.493 e. The van der Waals surface area contributed by atoms with Crippen LogP contribution in [0.5, 0.6) is 5.75 Å². The third-order valence-electron chi connectivity index (χ3n) is 2.98. The predicted octanol–water partition coefficient (Wildman–Crippen LogP) is 4.26. The van der Waals surface area contributed by atoms with Gasteiger partial charge in [-0.3, -0.25) is 4.79 Å². The van der Waals surface area contributed by atoms with Crippen molar-refractivity contribution < 1.29 is 9.53 Å². The fourth-order valence-corrected chi connectivity index (χ4v) is 1.93. The number of para-hydroxylation sites is 1. The minimum atomic E-state index is -0.00933. The van der Waals surface area contributed by atoms with Crippen LogP contribution >= 0.6 is 0 Å². The molecule has 0 aliphatic carbocycles. The summed E-state index contributed by atoms with van der Waals surface area (Å²) < 4.78 is 5.71. The lowest BCUT2D eigenvalue weighted by Gasteiger charge is -2.10. The van der Waals surface area contributed by atoms with E-state index < -0.39 is 0 Å². The summed E-state index contributed by atoms with van der Waals surface area (Å²) in [5.74, 6) is 0.635. The van der Waals surface area contributed by atoms with Crippen molar-refractivity contribution in [2.75, 3.05) is 6.61 Å². The van der Waals surface area contributed by atoms with E-state index in [0.717, 1.165) is 12.8 Å². The van der Waals surface area contributed by atoms with Gasteiger partial charge in [0.25, 0.3) is 0 Å². The van der Waals surface area contributed by atoms with Gasteiger partial charge in [-0.25, -0.2) is 0 Å². The van der Waals surface area contributed by atoms with Gasteiger partial charge in [-0.1, -0.05) is 48.5 Å². The number of ether oxygens (including phenoxy) is 1.